The summed E-state index contributed by atoms with van der Waals surface area (Å²) in [6, 6.07) is 8.12. The minimum absolute atomic E-state index is 0.177. The third-order valence-corrected chi connectivity index (χ3v) is 3.09. The van der Waals surface area contributed by atoms with Crippen LogP contribution in [-0.4, -0.2) is 19.6 Å². The second kappa shape index (κ2) is 5.01. The standard InChI is InChI=1S/C13H17NO2/c1-16-12-7-5-10(6-8-12)11-3-2-4-13(15)14-9-11/h5-8,11H,2-4,9H2,1H3,(H,14,15)/t11-/m1/s1. The summed E-state index contributed by atoms with van der Waals surface area (Å²) in [5.74, 6) is 1.50. The number of rotatable bonds is 2. The van der Waals surface area contributed by atoms with E-state index in [1.54, 1.807) is 7.11 Å². The molecule has 1 aromatic rings. The second-order valence-electron chi connectivity index (χ2n) is 4.17. The number of carbonyl (C=O) groups excluding carboxylic acids is 1. The fourth-order valence-corrected chi connectivity index (χ4v) is 2.10. The lowest BCUT2D eigenvalue weighted by atomic mass is 9.94. The van der Waals surface area contributed by atoms with Crippen molar-refractivity contribution in [1.29, 1.82) is 0 Å². The summed E-state index contributed by atoms with van der Waals surface area (Å²) in [5.41, 5.74) is 1.28. The molecule has 16 heavy (non-hydrogen) atoms. The van der Waals surface area contributed by atoms with Crippen molar-refractivity contribution in [3.63, 3.8) is 0 Å². The van der Waals surface area contributed by atoms with E-state index in [9.17, 15) is 4.79 Å². The average molecular weight is 219 g/mol. The molecule has 1 fully saturated rings. The van der Waals surface area contributed by atoms with Crippen molar-refractivity contribution in [1.82, 2.24) is 5.32 Å². The first-order chi connectivity index (χ1) is 7.79. The van der Waals surface area contributed by atoms with Crippen molar-refractivity contribution in [2.24, 2.45) is 0 Å². The van der Waals surface area contributed by atoms with Gasteiger partial charge in [0, 0.05) is 18.9 Å². The van der Waals surface area contributed by atoms with Crippen molar-refractivity contribution in [3.8, 4) is 5.75 Å². The maximum atomic E-state index is 11.2. The number of hydrogen-bond acceptors (Lipinski definition) is 2. The van der Waals surface area contributed by atoms with Gasteiger partial charge in [-0.3, -0.25) is 4.79 Å². The third kappa shape index (κ3) is 2.54. The molecule has 0 radical (unpaired) electrons. The molecule has 1 aliphatic rings. The van der Waals surface area contributed by atoms with Gasteiger partial charge in [-0.25, -0.2) is 0 Å². The summed E-state index contributed by atoms with van der Waals surface area (Å²) in [6.45, 7) is 0.755. The minimum atomic E-state index is 0.177. The van der Waals surface area contributed by atoms with Crippen molar-refractivity contribution in [2.45, 2.75) is 25.2 Å². The van der Waals surface area contributed by atoms with E-state index in [2.05, 4.69) is 17.4 Å². The van der Waals surface area contributed by atoms with Crippen LogP contribution in [0, 0.1) is 0 Å². The van der Waals surface area contributed by atoms with Crippen molar-refractivity contribution < 1.29 is 9.53 Å². The predicted molar refractivity (Wildman–Crippen MR) is 62.6 cm³/mol. The summed E-state index contributed by atoms with van der Waals surface area (Å²) < 4.78 is 5.13. The van der Waals surface area contributed by atoms with Gasteiger partial charge in [-0.15, -0.1) is 0 Å². The number of ether oxygens (including phenoxy) is 1. The Kier molecular flexibility index (Phi) is 3.44. The molecule has 1 amide bonds. The van der Waals surface area contributed by atoms with E-state index >= 15 is 0 Å². The SMILES string of the molecule is COc1ccc([C@@H]2CCCC(=O)NC2)cc1. The van der Waals surface area contributed by atoms with E-state index in [0.29, 0.717) is 12.3 Å². The maximum absolute atomic E-state index is 11.2. The highest BCUT2D eigenvalue weighted by Crippen LogP contribution is 2.25. The smallest absolute Gasteiger partial charge is 0.220 e. The highest BCUT2D eigenvalue weighted by Gasteiger charge is 2.17. The Morgan fingerprint density at radius 2 is 2.06 bits per heavy atom. The van der Waals surface area contributed by atoms with Gasteiger partial charge in [-0.2, -0.15) is 0 Å². The van der Waals surface area contributed by atoms with E-state index in [1.165, 1.54) is 5.56 Å². The highest BCUT2D eigenvalue weighted by molar-refractivity contribution is 5.76. The lowest BCUT2D eigenvalue weighted by Gasteiger charge is -2.14. The molecule has 1 aromatic carbocycles. The van der Waals surface area contributed by atoms with Gasteiger partial charge >= 0.3 is 0 Å². The molecule has 86 valence electrons. The van der Waals surface area contributed by atoms with Gasteiger partial charge in [0.25, 0.3) is 0 Å². The first-order valence-electron chi connectivity index (χ1n) is 5.70. The Morgan fingerprint density at radius 1 is 1.31 bits per heavy atom. The molecule has 0 spiro atoms. The zero-order valence-electron chi connectivity index (χ0n) is 9.53. The second-order valence-corrected chi connectivity index (χ2v) is 4.17. The molecule has 0 aliphatic carbocycles. The molecule has 1 heterocycles. The molecule has 0 bridgehead atoms. The van der Waals surface area contributed by atoms with Crippen LogP contribution in [0.3, 0.4) is 0 Å². The largest absolute Gasteiger partial charge is 0.497 e. The molecule has 0 aromatic heterocycles. The Balaban J connectivity index is 2.07. The topological polar surface area (TPSA) is 38.3 Å². The summed E-state index contributed by atoms with van der Waals surface area (Å²) in [7, 11) is 1.67. The number of methoxy groups -OCH3 is 1. The summed E-state index contributed by atoms with van der Waals surface area (Å²) >= 11 is 0. The Morgan fingerprint density at radius 3 is 2.75 bits per heavy atom. The van der Waals surface area contributed by atoms with E-state index in [0.717, 1.165) is 25.1 Å². The van der Waals surface area contributed by atoms with Crippen molar-refractivity contribution in [3.05, 3.63) is 29.8 Å². The number of hydrogen-bond donors (Lipinski definition) is 1. The summed E-state index contributed by atoms with van der Waals surface area (Å²) in [5, 5.41) is 2.95. The van der Waals surface area contributed by atoms with Crippen molar-refractivity contribution in [2.75, 3.05) is 13.7 Å². The zero-order valence-corrected chi connectivity index (χ0v) is 9.53. The van der Waals surface area contributed by atoms with Crippen LogP contribution >= 0.6 is 0 Å². The van der Waals surface area contributed by atoms with Crippen LogP contribution in [0.15, 0.2) is 24.3 Å². The van der Waals surface area contributed by atoms with Crippen LogP contribution in [0.25, 0.3) is 0 Å². The molecule has 0 unspecified atom stereocenters. The van der Waals surface area contributed by atoms with Crippen LogP contribution in [0.4, 0.5) is 0 Å². The van der Waals surface area contributed by atoms with Crippen LogP contribution < -0.4 is 10.1 Å². The third-order valence-electron chi connectivity index (χ3n) is 3.09. The Hall–Kier alpha value is -1.51. The molecule has 3 nitrogen and oxygen atoms in total. The molecule has 1 atom stereocenters. The van der Waals surface area contributed by atoms with Crippen LogP contribution in [0.2, 0.25) is 0 Å². The Bertz CT molecular complexity index is 359. The van der Waals surface area contributed by atoms with Crippen LogP contribution in [0.1, 0.15) is 30.7 Å². The van der Waals surface area contributed by atoms with E-state index < -0.39 is 0 Å². The normalized spacial score (nSPS) is 21.1. The van der Waals surface area contributed by atoms with Gasteiger partial charge in [-0.05, 0) is 30.5 Å². The zero-order chi connectivity index (χ0) is 11.4. The van der Waals surface area contributed by atoms with E-state index in [1.807, 2.05) is 12.1 Å². The fraction of sp³-hybridized carbons (Fsp3) is 0.462. The van der Waals surface area contributed by atoms with Gasteiger partial charge < -0.3 is 10.1 Å². The quantitative estimate of drug-likeness (QED) is 0.827. The van der Waals surface area contributed by atoms with Gasteiger partial charge in [0.15, 0.2) is 0 Å². The van der Waals surface area contributed by atoms with Gasteiger partial charge in [0.05, 0.1) is 7.11 Å². The van der Waals surface area contributed by atoms with Gasteiger partial charge in [0.2, 0.25) is 5.91 Å². The lowest BCUT2D eigenvalue weighted by Crippen LogP contribution is -2.24. The molecule has 1 saturated heterocycles. The predicted octanol–water partition coefficient (Wildman–Crippen LogP) is 2.08. The highest BCUT2D eigenvalue weighted by atomic mass is 16.5. The molecule has 1 N–H and O–H groups in total. The van der Waals surface area contributed by atoms with Crippen LogP contribution in [-0.2, 0) is 4.79 Å². The molecular formula is C13H17NO2. The number of amides is 1. The molecule has 0 saturated carbocycles. The first-order valence-corrected chi connectivity index (χ1v) is 5.70. The Labute approximate surface area is 95.8 Å². The van der Waals surface area contributed by atoms with Crippen molar-refractivity contribution >= 4 is 5.91 Å². The van der Waals surface area contributed by atoms with Crippen LogP contribution in [0.5, 0.6) is 5.75 Å². The average Bonchev–Trinajstić information content (AvgIpc) is 2.54. The maximum Gasteiger partial charge on any atom is 0.220 e. The van der Waals surface area contributed by atoms with Gasteiger partial charge in [-0.1, -0.05) is 12.1 Å². The molecular weight excluding hydrogens is 202 g/mol. The number of nitrogens with one attached hydrogen (secondary N) is 1. The van der Waals surface area contributed by atoms with E-state index in [4.69, 9.17) is 4.74 Å². The fourth-order valence-electron chi connectivity index (χ4n) is 2.10. The summed E-state index contributed by atoms with van der Waals surface area (Å²) in [6.07, 6.45) is 2.71. The lowest BCUT2D eigenvalue weighted by molar-refractivity contribution is -0.120. The molecule has 2 rings (SSSR count). The van der Waals surface area contributed by atoms with E-state index in [-0.39, 0.29) is 5.91 Å². The number of benzene rings is 1. The van der Waals surface area contributed by atoms with Gasteiger partial charge in [0.1, 0.15) is 5.75 Å². The molecule has 3 heteroatoms. The minimum Gasteiger partial charge on any atom is -0.497 e. The summed E-state index contributed by atoms with van der Waals surface area (Å²) in [4.78, 5) is 11.2. The first kappa shape index (κ1) is 11.0. The monoisotopic (exact) mass is 219 g/mol. The number of carbonyl (C=O) groups is 1. The molecule has 1 aliphatic heterocycles.